The average molecular weight is 276 g/mol. The fraction of sp³-hybridized carbons (Fsp3) is 0.533. The van der Waals surface area contributed by atoms with Crippen LogP contribution in [0.2, 0.25) is 0 Å². The lowest BCUT2D eigenvalue weighted by atomic mass is 10.2. The van der Waals surface area contributed by atoms with Gasteiger partial charge in [-0.2, -0.15) is 0 Å². The molecule has 0 aromatic heterocycles. The van der Waals surface area contributed by atoms with Gasteiger partial charge in [0.15, 0.2) is 0 Å². The molecule has 0 atom stereocenters. The largest absolute Gasteiger partial charge is 0.399 e. The van der Waals surface area contributed by atoms with Gasteiger partial charge in [-0.15, -0.1) is 0 Å². The molecule has 5 nitrogen and oxygen atoms in total. The third-order valence-electron chi connectivity index (χ3n) is 3.83. The molecule has 2 N–H and O–H groups in total. The van der Waals surface area contributed by atoms with E-state index < -0.39 is 0 Å². The van der Waals surface area contributed by atoms with E-state index in [4.69, 9.17) is 5.73 Å². The minimum atomic E-state index is 0.124. The van der Waals surface area contributed by atoms with E-state index in [9.17, 15) is 4.79 Å². The van der Waals surface area contributed by atoms with Crippen molar-refractivity contribution in [1.29, 1.82) is 0 Å². The topological polar surface area (TPSA) is 52.8 Å². The number of amides is 1. The molecule has 1 aromatic carbocycles. The van der Waals surface area contributed by atoms with Gasteiger partial charge in [-0.25, -0.2) is 0 Å². The number of nitrogens with zero attached hydrogens (tertiary/aromatic N) is 3. The van der Waals surface area contributed by atoms with Crippen LogP contribution in [0.3, 0.4) is 0 Å². The average Bonchev–Trinajstić information content (AvgIpc) is 2.64. The molecule has 2 rings (SSSR count). The van der Waals surface area contributed by atoms with Crippen molar-refractivity contribution in [2.45, 2.75) is 6.42 Å². The lowest BCUT2D eigenvalue weighted by molar-refractivity contribution is -0.119. The number of nitrogen functional groups attached to an aromatic ring is 1. The second kappa shape index (κ2) is 6.72. The van der Waals surface area contributed by atoms with Crippen molar-refractivity contribution >= 4 is 17.3 Å². The number of benzene rings is 1. The summed E-state index contributed by atoms with van der Waals surface area (Å²) in [6.45, 7) is 4.57. The second-order valence-electron chi connectivity index (χ2n) is 5.48. The number of rotatable bonds is 3. The lowest BCUT2D eigenvalue weighted by Gasteiger charge is -2.24. The van der Waals surface area contributed by atoms with Gasteiger partial charge in [0.05, 0.1) is 6.54 Å². The van der Waals surface area contributed by atoms with Crippen LogP contribution < -0.4 is 10.6 Å². The monoisotopic (exact) mass is 276 g/mol. The van der Waals surface area contributed by atoms with Crippen LogP contribution >= 0.6 is 0 Å². The zero-order chi connectivity index (χ0) is 14.5. The Morgan fingerprint density at radius 2 is 1.90 bits per heavy atom. The van der Waals surface area contributed by atoms with Crippen molar-refractivity contribution in [2.24, 2.45) is 0 Å². The molecular weight excluding hydrogens is 252 g/mol. The Morgan fingerprint density at radius 3 is 2.60 bits per heavy atom. The van der Waals surface area contributed by atoms with Gasteiger partial charge >= 0.3 is 0 Å². The molecule has 1 amide bonds. The Kier molecular flexibility index (Phi) is 4.98. The maximum absolute atomic E-state index is 12.3. The van der Waals surface area contributed by atoms with E-state index in [1.54, 1.807) is 4.90 Å². The molecule has 0 radical (unpaired) electrons. The normalized spacial score (nSPS) is 17.7. The lowest BCUT2D eigenvalue weighted by Crippen LogP contribution is -2.40. The van der Waals surface area contributed by atoms with Crippen molar-refractivity contribution < 1.29 is 4.79 Å². The maximum Gasteiger partial charge on any atom is 0.240 e. The van der Waals surface area contributed by atoms with Gasteiger partial charge in [-0.1, -0.05) is 0 Å². The van der Waals surface area contributed by atoms with Crippen molar-refractivity contribution in [1.82, 2.24) is 9.80 Å². The molecule has 1 heterocycles. The van der Waals surface area contributed by atoms with Crippen LogP contribution in [0.15, 0.2) is 24.3 Å². The van der Waals surface area contributed by atoms with Gasteiger partial charge in [0, 0.05) is 31.5 Å². The summed E-state index contributed by atoms with van der Waals surface area (Å²) in [6, 6.07) is 7.40. The van der Waals surface area contributed by atoms with Crippen LogP contribution in [-0.4, -0.2) is 62.5 Å². The summed E-state index contributed by atoms with van der Waals surface area (Å²) in [7, 11) is 3.95. The first-order valence-corrected chi connectivity index (χ1v) is 7.09. The van der Waals surface area contributed by atoms with Crippen LogP contribution in [-0.2, 0) is 4.79 Å². The quantitative estimate of drug-likeness (QED) is 0.832. The summed E-state index contributed by atoms with van der Waals surface area (Å²) in [5.74, 6) is 0.124. The number of nitrogens with two attached hydrogens (primary N) is 1. The van der Waals surface area contributed by atoms with Crippen LogP contribution in [0.4, 0.5) is 11.4 Å². The zero-order valence-electron chi connectivity index (χ0n) is 12.4. The number of carbonyl (C=O) groups is 1. The Morgan fingerprint density at radius 1 is 1.20 bits per heavy atom. The molecule has 0 saturated carbocycles. The van der Waals surface area contributed by atoms with Gasteiger partial charge in [0.1, 0.15) is 0 Å². The second-order valence-corrected chi connectivity index (χ2v) is 5.48. The first-order chi connectivity index (χ1) is 9.56. The Labute approximate surface area is 120 Å². The molecule has 1 aromatic rings. The Hall–Kier alpha value is -1.59. The summed E-state index contributed by atoms with van der Waals surface area (Å²) in [6.07, 6.45) is 1.12. The van der Waals surface area contributed by atoms with Crippen LogP contribution in [0.1, 0.15) is 6.42 Å². The van der Waals surface area contributed by atoms with Gasteiger partial charge in [0.25, 0.3) is 0 Å². The zero-order valence-corrected chi connectivity index (χ0v) is 12.4. The summed E-state index contributed by atoms with van der Waals surface area (Å²) in [5, 5.41) is 0. The number of carbonyl (C=O) groups excluding carboxylic acids is 1. The molecule has 0 aliphatic carbocycles. The fourth-order valence-electron chi connectivity index (χ4n) is 2.40. The summed E-state index contributed by atoms with van der Waals surface area (Å²) in [5.41, 5.74) is 7.26. The highest BCUT2D eigenvalue weighted by molar-refractivity contribution is 5.94. The van der Waals surface area contributed by atoms with E-state index in [-0.39, 0.29) is 5.91 Å². The third-order valence-corrected chi connectivity index (χ3v) is 3.83. The first kappa shape index (κ1) is 14.8. The fourth-order valence-corrected chi connectivity index (χ4v) is 2.40. The van der Waals surface area contributed by atoms with Crippen molar-refractivity contribution in [3.63, 3.8) is 0 Å². The van der Waals surface area contributed by atoms with Crippen LogP contribution in [0.5, 0.6) is 0 Å². The van der Waals surface area contributed by atoms with Crippen LogP contribution in [0, 0.1) is 0 Å². The maximum atomic E-state index is 12.3. The minimum absolute atomic E-state index is 0.124. The number of likely N-dealkylation sites (N-methyl/N-ethyl adjacent to an activating group) is 2. The highest BCUT2D eigenvalue weighted by atomic mass is 16.2. The van der Waals surface area contributed by atoms with Gasteiger partial charge in [-0.3, -0.25) is 9.69 Å². The summed E-state index contributed by atoms with van der Waals surface area (Å²) >= 11 is 0. The number of hydrogen-bond acceptors (Lipinski definition) is 4. The van der Waals surface area contributed by atoms with Gasteiger partial charge in [-0.05, 0) is 50.8 Å². The van der Waals surface area contributed by atoms with E-state index in [1.165, 1.54) is 0 Å². The summed E-state index contributed by atoms with van der Waals surface area (Å²) < 4.78 is 0. The smallest absolute Gasteiger partial charge is 0.240 e. The molecule has 110 valence electrons. The molecule has 0 spiro atoms. The Balaban J connectivity index is 1.92. The van der Waals surface area contributed by atoms with E-state index in [1.807, 2.05) is 31.3 Å². The Bertz CT molecular complexity index is 446. The molecule has 0 bridgehead atoms. The SMILES string of the molecule is CN1CCCN(CC(=O)N(C)c2ccc(N)cc2)CC1. The number of hydrogen-bond donors (Lipinski definition) is 1. The highest BCUT2D eigenvalue weighted by Gasteiger charge is 2.18. The van der Waals surface area contributed by atoms with E-state index in [0.717, 1.165) is 38.3 Å². The van der Waals surface area contributed by atoms with E-state index in [0.29, 0.717) is 12.2 Å². The summed E-state index contributed by atoms with van der Waals surface area (Å²) in [4.78, 5) is 18.6. The predicted octanol–water partition coefficient (Wildman–Crippen LogP) is 0.869. The number of anilines is 2. The van der Waals surface area contributed by atoms with Gasteiger partial charge < -0.3 is 15.5 Å². The van der Waals surface area contributed by atoms with Crippen molar-refractivity contribution in [3.8, 4) is 0 Å². The molecular formula is C15H24N4O. The first-order valence-electron chi connectivity index (χ1n) is 7.09. The van der Waals surface area contributed by atoms with E-state index in [2.05, 4.69) is 16.8 Å². The molecule has 0 unspecified atom stereocenters. The van der Waals surface area contributed by atoms with Gasteiger partial charge in [0.2, 0.25) is 5.91 Å². The van der Waals surface area contributed by atoms with Crippen molar-refractivity contribution in [3.05, 3.63) is 24.3 Å². The molecule has 1 saturated heterocycles. The van der Waals surface area contributed by atoms with Crippen molar-refractivity contribution in [2.75, 3.05) is 57.5 Å². The molecule has 20 heavy (non-hydrogen) atoms. The standard InChI is InChI=1S/C15H24N4O/c1-17-8-3-9-19(11-10-17)12-15(20)18(2)14-6-4-13(16)5-7-14/h4-7H,3,8-12,16H2,1-2H3. The molecule has 5 heteroatoms. The predicted molar refractivity (Wildman–Crippen MR) is 82.8 cm³/mol. The minimum Gasteiger partial charge on any atom is -0.399 e. The van der Waals surface area contributed by atoms with Crippen LogP contribution in [0.25, 0.3) is 0 Å². The molecule has 1 fully saturated rings. The van der Waals surface area contributed by atoms with E-state index >= 15 is 0 Å². The molecule has 1 aliphatic heterocycles. The molecule has 1 aliphatic rings. The highest BCUT2D eigenvalue weighted by Crippen LogP contribution is 2.15. The third kappa shape index (κ3) is 3.95.